The van der Waals surface area contributed by atoms with E-state index in [9.17, 15) is 9.18 Å². The lowest BCUT2D eigenvalue weighted by Crippen LogP contribution is -2.46. The highest BCUT2D eigenvalue weighted by Crippen LogP contribution is 2.31. The summed E-state index contributed by atoms with van der Waals surface area (Å²) in [7, 11) is 0. The molecule has 3 nitrogen and oxygen atoms in total. The highest BCUT2D eigenvalue weighted by molar-refractivity contribution is 7.99. The van der Waals surface area contributed by atoms with E-state index < -0.39 is 22.6 Å². The van der Waals surface area contributed by atoms with Gasteiger partial charge in [-0.25, -0.2) is 4.39 Å². The van der Waals surface area contributed by atoms with Crippen molar-refractivity contribution in [1.29, 1.82) is 0 Å². The molecule has 0 aliphatic heterocycles. The van der Waals surface area contributed by atoms with Crippen LogP contribution in [0.2, 0.25) is 5.02 Å². The zero-order valence-corrected chi connectivity index (χ0v) is 11.7. The van der Waals surface area contributed by atoms with Crippen LogP contribution in [0.25, 0.3) is 0 Å². The van der Waals surface area contributed by atoms with Gasteiger partial charge < -0.3 is 10.8 Å². The van der Waals surface area contributed by atoms with E-state index in [0.717, 1.165) is 0 Å². The van der Waals surface area contributed by atoms with Crippen molar-refractivity contribution in [1.82, 2.24) is 0 Å². The molecule has 1 atom stereocenters. The minimum atomic E-state index is -1.07. The Morgan fingerprint density at radius 1 is 1.61 bits per heavy atom. The molecule has 0 saturated carbocycles. The molecule has 1 aromatic rings. The summed E-state index contributed by atoms with van der Waals surface area (Å²) in [5, 5.41) is 9.21. The lowest BCUT2D eigenvalue weighted by molar-refractivity contribution is -0.139. The second-order valence-corrected chi connectivity index (χ2v) is 6.51. The first kappa shape index (κ1) is 15.3. The van der Waals surface area contributed by atoms with Crippen LogP contribution in [-0.4, -0.2) is 21.9 Å². The summed E-state index contributed by atoms with van der Waals surface area (Å²) in [6.07, 6.45) is 0. The Labute approximate surface area is 115 Å². The number of thioether (sulfide) groups is 1. The molecule has 18 heavy (non-hydrogen) atoms. The molecule has 0 heterocycles. The first-order valence-corrected chi connectivity index (χ1v) is 6.66. The number of benzene rings is 1. The number of carbonyl (C=O) groups is 1. The molecule has 100 valence electrons. The van der Waals surface area contributed by atoms with Crippen molar-refractivity contribution in [2.24, 2.45) is 5.73 Å². The van der Waals surface area contributed by atoms with Crippen LogP contribution in [0.4, 0.5) is 4.39 Å². The van der Waals surface area contributed by atoms with Crippen molar-refractivity contribution in [3.8, 4) is 0 Å². The summed E-state index contributed by atoms with van der Waals surface area (Å²) in [6, 6.07) is 3.43. The zero-order chi connectivity index (χ0) is 13.9. The normalized spacial score (nSPS) is 13.4. The maximum atomic E-state index is 13.5. The standard InChI is InChI=1S/C12H15ClFNO2S/c1-12(2,10(15)11(16)17)18-6-7-3-4-8(13)5-9(7)14/h3-5,10H,6,15H2,1-2H3,(H,16,17)/t10-/m1/s1. The number of halogens is 2. The van der Waals surface area contributed by atoms with Gasteiger partial charge in [0, 0.05) is 15.5 Å². The number of hydrogen-bond acceptors (Lipinski definition) is 3. The van der Waals surface area contributed by atoms with Gasteiger partial charge in [-0.1, -0.05) is 17.7 Å². The van der Waals surface area contributed by atoms with Gasteiger partial charge in [-0.15, -0.1) is 11.8 Å². The van der Waals surface area contributed by atoms with E-state index in [1.807, 2.05) is 0 Å². The van der Waals surface area contributed by atoms with E-state index in [1.165, 1.54) is 17.8 Å². The highest BCUT2D eigenvalue weighted by atomic mass is 35.5. The Morgan fingerprint density at radius 3 is 2.72 bits per heavy atom. The minimum absolute atomic E-state index is 0.336. The van der Waals surface area contributed by atoms with Gasteiger partial charge in [0.25, 0.3) is 0 Å². The monoisotopic (exact) mass is 291 g/mol. The highest BCUT2D eigenvalue weighted by Gasteiger charge is 2.32. The maximum Gasteiger partial charge on any atom is 0.321 e. The van der Waals surface area contributed by atoms with Crippen LogP contribution in [0.15, 0.2) is 18.2 Å². The second-order valence-electron chi connectivity index (χ2n) is 4.44. The predicted octanol–water partition coefficient (Wildman–Crippen LogP) is 2.90. The molecule has 0 unspecified atom stereocenters. The molecule has 0 fully saturated rings. The van der Waals surface area contributed by atoms with E-state index in [2.05, 4.69) is 0 Å². The molecule has 1 aromatic carbocycles. The average molecular weight is 292 g/mol. The van der Waals surface area contributed by atoms with E-state index >= 15 is 0 Å². The number of carboxylic acids is 1. The summed E-state index contributed by atoms with van der Waals surface area (Å²) in [4.78, 5) is 10.8. The topological polar surface area (TPSA) is 63.3 Å². The fourth-order valence-electron chi connectivity index (χ4n) is 1.29. The van der Waals surface area contributed by atoms with E-state index in [1.54, 1.807) is 26.0 Å². The average Bonchev–Trinajstić information content (AvgIpc) is 2.26. The third-order valence-electron chi connectivity index (χ3n) is 2.63. The lowest BCUT2D eigenvalue weighted by Gasteiger charge is -2.28. The Morgan fingerprint density at radius 2 is 2.22 bits per heavy atom. The van der Waals surface area contributed by atoms with E-state index in [-0.39, 0.29) is 0 Å². The fourth-order valence-corrected chi connectivity index (χ4v) is 2.49. The van der Waals surface area contributed by atoms with Crippen molar-refractivity contribution in [2.45, 2.75) is 30.4 Å². The van der Waals surface area contributed by atoms with Crippen molar-refractivity contribution < 1.29 is 14.3 Å². The van der Waals surface area contributed by atoms with Crippen LogP contribution in [-0.2, 0) is 10.5 Å². The number of rotatable bonds is 5. The SMILES string of the molecule is CC(C)(SCc1ccc(Cl)cc1F)[C@H](N)C(=O)O. The van der Waals surface area contributed by atoms with Crippen LogP contribution in [0.5, 0.6) is 0 Å². The summed E-state index contributed by atoms with van der Waals surface area (Å²) in [5.74, 6) is -1.12. The van der Waals surface area contributed by atoms with Crippen molar-refractivity contribution >= 4 is 29.3 Å². The van der Waals surface area contributed by atoms with Gasteiger partial charge in [-0.2, -0.15) is 0 Å². The van der Waals surface area contributed by atoms with Crippen molar-refractivity contribution in [3.63, 3.8) is 0 Å². The molecule has 0 radical (unpaired) electrons. The smallest absolute Gasteiger partial charge is 0.321 e. The molecular weight excluding hydrogens is 277 g/mol. The zero-order valence-electron chi connectivity index (χ0n) is 10.1. The Hall–Kier alpha value is -0.780. The quantitative estimate of drug-likeness (QED) is 0.875. The Bertz CT molecular complexity index is 454. The predicted molar refractivity (Wildman–Crippen MR) is 72.4 cm³/mol. The van der Waals surface area contributed by atoms with Crippen LogP contribution < -0.4 is 5.73 Å². The summed E-state index contributed by atoms with van der Waals surface area (Å²) < 4.78 is 12.9. The summed E-state index contributed by atoms with van der Waals surface area (Å²) in [6.45, 7) is 3.45. The first-order valence-electron chi connectivity index (χ1n) is 5.30. The molecule has 0 saturated heterocycles. The molecular formula is C12H15ClFNO2S. The molecule has 1 rings (SSSR count). The van der Waals surface area contributed by atoms with Gasteiger partial charge in [0.1, 0.15) is 11.9 Å². The number of nitrogens with two attached hydrogens (primary N) is 1. The largest absolute Gasteiger partial charge is 0.480 e. The molecule has 0 bridgehead atoms. The lowest BCUT2D eigenvalue weighted by atomic mass is 10.1. The van der Waals surface area contributed by atoms with Gasteiger partial charge in [-0.05, 0) is 31.5 Å². The Kier molecular flexibility index (Phi) is 5.01. The van der Waals surface area contributed by atoms with Gasteiger partial charge in [0.2, 0.25) is 0 Å². The van der Waals surface area contributed by atoms with E-state index in [0.29, 0.717) is 16.3 Å². The third kappa shape index (κ3) is 3.86. The first-order chi connectivity index (χ1) is 8.24. The van der Waals surface area contributed by atoms with Gasteiger partial charge >= 0.3 is 5.97 Å². The van der Waals surface area contributed by atoms with E-state index in [4.69, 9.17) is 22.4 Å². The van der Waals surface area contributed by atoms with Crippen LogP contribution in [0.1, 0.15) is 19.4 Å². The second kappa shape index (κ2) is 5.91. The van der Waals surface area contributed by atoms with Gasteiger partial charge in [0.05, 0.1) is 0 Å². The van der Waals surface area contributed by atoms with Crippen molar-refractivity contribution in [3.05, 3.63) is 34.6 Å². The molecule has 0 aromatic heterocycles. The third-order valence-corrected chi connectivity index (χ3v) is 4.32. The maximum absolute atomic E-state index is 13.5. The molecule has 6 heteroatoms. The fraction of sp³-hybridized carbons (Fsp3) is 0.417. The molecule has 0 aliphatic carbocycles. The molecule has 3 N–H and O–H groups in total. The summed E-state index contributed by atoms with van der Waals surface area (Å²) in [5.41, 5.74) is 6.07. The summed E-state index contributed by atoms with van der Waals surface area (Å²) >= 11 is 6.95. The van der Waals surface area contributed by atoms with Crippen LogP contribution >= 0.6 is 23.4 Å². The molecule has 0 aliphatic rings. The molecule has 0 amide bonds. The van der Waals surface area contributed by atoms with Crippen molar-refractivity contribution in [2.75, 3.05) is 0 Å². The number of hydrogen-bond donors (Lipinski definition) is 2. The van der Waals surface area contributed by atoms with Crippen LogP contribution in [0.3, 0.4) is 0 Å². The minimum Gasteiger partial charge on any atom is -0.480 e. The van der Waals surface area contributed by atoms with Gasteiger partial charge in [0.15, 0.2) is 0 Å². The van der Waals surface area contributed by atoms with Gasteiger partial charge in [-0.3, -0.25) is 4.79 Å². The number of aliphatic carboxylic acids is 1. The Balaban J connectivity index is 2.72. The molecule has 0 spiro atoms. The van der Waals surface area contributed by atoms with Crippen LogP contribution in [0, 0.1) is 5.82 Å². The number of carboxylic acid groups (broad SMARTS) is 1.